The first-order chi connectivity index (χ1) is 7.70. The second kappa shape index (κ2) is 4.67. The molecule has 1 N–H and O–H groups in total. The van der Waals surface area contributed by atoms with Crippen LogP contribution in [-0.4, -0.2) is 35.3 Å². The molecule has 0 bridgehead atoms. The Morgan fingerprint density at radius 2 is 1.82 bits per heavy atom. The quantitative estimate of drug-likeness (QED) is 0.793. The largest absolute Gasteiger partial charge is 0.342 e. The molecule has 17 heavy (non-hydrogen) atoms. The number of hydrogen-bond donors (Lipinski definition) is 1. The van der Waals surface area contributed by atoms with Crippen molar-refractivity contribution < 1.29 is 9.59 Å². The molecule has 1 rings (SSSR count). The number of carbonyl (C=O) groups excluding carboxylic acids is 2. The van der Waals surface area contributed by atoms with Crippen molar-refractivity contribution in [1.29, 1.82) is 0 Å². The highest BCUT2D eigenvalue weighted by atomic mass is 16.2. The van der Waals surface area contributed by atoms with E-state index >= 15 is 0 Å². The van der Waals surface area contributed by atoms with E-state index in [0.29, 0.717) is 6.54 Å². The topological polar surface area (TPSA) is 49.4 Å². The average Bonchev–Trinajstić information content (AvgIpc) is 2.17. The Balaban J connectivity index is 3.04. The fraction of sp³-hybridized carbons (Fsp3) is 0.846. The molecule has 98 valence electrons. The maximum Gasteiger partial charge on any atom is 0.246 e. The van der Waals surface area contributed by atoms with Crippen LogP contribution in [0.15, 0.2) is 0 Å². The number of amides is 2. The lowest BCUT2D eigenvalue weighted by Gasteiger charge is -2.44. The molecule has 4 heteroatoms. The van der Waals surface area contributed by atoms with Crippen molar-refractivity contribution in [2.45, 2.75) is 53.6 Å². The van der Waals surface area contributed by atoms with Gasteiger partial charge in [-0.25, -0.2) is 0 Å². The lowest BCUT2D eigenvalue weighted by Crippen LogP contribution is -2.67. The molecule has 0 aromatic carbocycles. The standard InChI is InChI=1S/C13H24N2O2/c1-7-15-9(8(2)3)11(16)14-10(12(15)17)13(4,5)6/h8-10H,7H2,1-6H3,(H,14,16). The summed E-state index contributed by atoms with van der Waals surface area (Å²) in [5.74, 6) is 0.152. The van der Waals surface area contributed by atoms with Crippen LogP contribution in [0.25, 0.3) is 0 Å². The third-order valence-corrected chi connectivity index (χ3v) is 3.26. The molecule has 0 saturated carbocycles. The number of piperazine rings is 1. The van der Waals surface area contributed by atoms with Crippen LogP contribution in [0.2, 0.25) is 0 Å². The molecule has 1 heterocycles. The Morgan fingerprint density at radius 3 is 2.18 bits per heavy atom. The van der Waals surface area contributed by atoms with Crippen molar-refractivity contribution in [3.63, 3.8) is 0 Å². The predicted molar refractivity (Wildman–Crippen MR) is 67.4 cm³/mol. The Bertz CT molecular complexity index is 318. The number of hydrogen-bond acceptors (Lipinski definition) is 2. The van der Waals surface area contributed by atoms with Crippen molar-refractivity contribution in [2.24, 2.45) is 11.3 Å². The van der Waals surface area contributed by atoms with Gasteiger partial charge in [-0.1, -0.05) is 34.6 Å². The molecule has 1 saturated heterocycles. The van der Waals surface area contributed by atoms with Gasteiger partial charge in [0.2, 0.25) is 11.8 Å². The van der Waals surface area contributed by atoms with Crippen molar-refractivity contribution in [3.05, 3.63) is 0 Å². The van der Waals surface area contributed by atoms with Crippen LogP contribution in [0.1, 0.15) is 41.5 Å². The van der Waals surface area contributed by atoms with Gasteiger partial charge >= 0.3 is 0 Å². The molecule has 0 radical (unpaired) electrons. The summed E-state index contributed by atoms with van der Waals surface area (Å²) in [4.78, 5) is 26.2. The molecule has 2 atom stereocenters. The van der Waals surface area contributed by atoms with Gasteiger partial charge in [0.1, 0.15) is 12.1 Å². The Kier molecular flexibility index (Phi) is 3.84. The Morgan fingerprint density at radius 1 is 1.29 bits per heavy atom. The van der Waals surface area contributed by atoms with E-state index in [1.165, 1.54) is 0 Å². The number of nitrogens with zero attached hydrogens (tertiary/aromatic N) is 1. The number of nitrogens with one attached hydrogen (secondary N) is 1. The predicted octanol–water partition coefficient (Wildman–Crippen LogP) is 1.40. The molecule has 0 spiro atoms. The molecular formula is C13H24N2O2. The molecule has 1 fully saturated rings. The smallest absolute Gasteiger partial charge is 0.246 e. The van der Waals surface area contributed by atoms with Gasteiger partial charge in [-0.15, -0.1) is 0 Å². The van der Waals surface area contributed by atoms with E-state index in [1.807, 2.05) is 41.5 Å². The first kappa shape index (κ1) is 14.0. The minimum Gasteiger partial charge on any atom is -0.342 e. The summed E-state index contributed by atoms with van der Waals surface area (Å²) < 4.78 is 0. The highest BCUT2D eigenvalue weighted by Gasteiger charge is 2.45. The lowest BCUT2D eigenvalue weighted by molar-refractivity contribution is -0.154. The lowest BCUT2D eigenvalue weighted by atomic mass is 9.83. The maximum atomic E-state index is 12.4. The highest BCUT2D eigenvalue weighted by molar-refractivity contribution is 5.97. The van der Waals surface area contributed by atoms with Crippen LogP contribution in [-0.2, 0) is 9.59 Å². The van der Waals surface area contributed by atoms with Crippen molar-refractivity contribution in [2.75, 3.05) is 6.54 Å². The van der Waals surface area contributed by atoms with Gasteiger partial charge in [0.15, 0.2) is 0 Å². The van der Waals surface area contributed by atoms with Gasteiger partial charge in [-0.2, -0.15) is 0 Å². The fourth-order valence-corrected chi connectivity index (χ4v) is 2.34. The molecule has 0 aromatic rings. The van der Waals surface area contributed by atoms with Gasteiger partial charge < -0.3 is 10.2 Å². The third-order valence-electron chi connectivity index (χ3n) is 3.26. The van der Waals surface area contributed by atoms with Crippen LogP contribution >= 0.6 is 0 Å². The summed E-state index contributed by atoms with van der Waals surface area (Å²) in [6.07, 6.45) is 0. The third kappa shape index (κ3) is 2.61. The maximum absolute atomic E-state index is 12.4. The van der Waals surface area contributed by atoms with E-state index in [9.17, 15) is 9.59 Å². The highest BCUT2D eigenvalue weighted by Crippen LogP contribution is 2.26. The van der Waals surface area contributed by atoms with Crippen LogP contribution in [0.4, 0.5) is 0 Å². The zero-order valence-electron chi connectivity index (χ0n) is 11.7. The number of rotatable bonds is 2. The fourth-order valence-electron chi connectivity index (χ4n) is 2.34. The van der Waals surface area contributed by atoms with E-state index in [4.69, 9.17) is 0 Å². The molecule has 0 aliphatic carbocycles. The average molecular weight is 240 g/mol. The van der Waals surface area contributed by atoms with E-state index in [1.54, 1.807) is 4.90 Å². The van der Waals surface area contributed by atoms with E-state index < -0.39 is 6.04 Å². The minimum absolute atomic E-state index is 0.0265. The minimum atomic E-state index is -0.412. The van der Waals surface area contributed by atoms with Crippen LogP contribution in [0.5, 0.6) is 0 Å². The summed E-state index contributed by atoms with van der Waals surface area (Å²) in [6.45, 7) is 12.4. The van der Waals surface area contributed by atoms with Crippen molar-refractivity contribution >= 4 is 11.8 Å². The monoisotopic (exact) mass is 240 g/mol. The molecular weight excluding hydrogens is 216 g/mol. The van der Waals surface area contributed by atoms with Crippen molar-refractivity contribution in [1.82, 2.24) is 10.2 Å². The molecule has 0 aromatic heterocycles. The normalized spacial score (nSPS) is 26.4. The zero-order valence-corrected chi connectivity index (χ0v) is 11.7. The molecule has 2 unspecified atom stereocenters. The van der Waals surface area contributed by atoms with Crippen molar-refractivity contribution in [3.8, 4) is 0 Å². The van der Waals surface area contributed by atoms with Crippen LogP contribution in [0, 0.1) is 11.3 Å². The molecule has 4 nitrogen and oxygen atoms in total. The SMILES string of the molecule is CCN1C(=O)C(C(C)(C)C)NC(=O)C1C(C)C. The summed E-state index contributed by atoms with van der Waals surface area (Å²) in [6, 6.07) is -0.740. The molecule has 1 aliphatic rings. The van der Waals surface area contributed by atoms with E-state index in [-0.39, 0.29) is 29.2 Å². The second-order valence-corrected chi connectivity index (χ2v) is 6.12. The summed E-state index contributed by atoms with van der Waals surface area (Å²) in [7, 11) is 0. The Labute approximate surface area is 104 Å². The summed E-state index contributed by atoms with van der Waals surface area (Å²) >= 11 is 0. The van der Waals surface area contributed by atoms with Gasteiger partial charge in [-0.05, 0) is 18.3 Å². The molecule has 2 amide bonds. The Hall–Kier alpha value is -1.06. The summed E-state index contributed by atoms with van der Waals surface area (Å²) in [5, 5.41) is 2.87. The first-order valence-electron chi connectivity index (χ1n) is 6.31. The number of carbonyl (C=O) groups is 2. The molecule has 1 aliphatic heterocycles. The number of likely N-dealkylation sites (N-methyl/N-ethyl adjacent to an activating group) is 1. The van der Waals surface area contributed by atoms with Gasteiger partial charge in [0.25, 0.3) is 0 Å². The second-order valence-electron chi connectivity index (χ2n) is 6.12. The van der Waals surface area contributed by atoms with E-state index in [0.717, 1.165) is 0 Å². The zero-order chi connectivity index (χ0) is 13.4. The van der Waals surface area contributed by atoms with Gasteiger partial charge in [0.05, 0.1) is 0 Å². The van der Waals surface area contributed by atoms with E-state index in [2.05, 4.69) is 5.32 Å². The first-order valence-corrected chi connectivity index (χ1v) is 6.31. The van der Waals surface area contributed by atoms with Gasteiger partial charge in [0, 0.05) is 6.54 Å². The summed E-state index contributed by atoms with van der Waals surface area (Å²) in [5.41, 5.74) is -0.248. The van der Waals surface area contributed by atoms with Crippen LogP contribution < -0.4 is 5.32 Å². The van der Waals surface area contributed by atoms with Crippen LogP contribution in [0.3, 0.4) is 0 Å². The van der Waals surface area contributed by atoms with Gasteiger partial charge in [-0.3, -0.25) is 9.59 Å².